The average molecular weight is 631 g/mol. The maximum atomic E-state index is 13.9. The lowest BCUT2D eigenvalue weighted by molar-refractivity contribution is -0.139. The van der Waals surface area contributed by atoms with E-state index >= 15 is 0 Å². The fourth-order valence-electron chi connectivity index (χ4n) is 3.94. The van der Waals surface area contributed by atoms with Crippen LogP contribution >= 0.6 is 15.9 Å². The number of carbonyl (C=O) groups is 2. The molecule has 10 heteroatoms. The van der Waals surface area contributed by atoms with Gasteiger partial charge in [-0.25, -0.2) is 8.42 Å². The van der Waals surface area contributed by atoms with Gasteiger partial charge in [0.05, 0.1) is 17.7 Å². The van der Waals surface area contributed by atoms with Gasteiger partial charge >= 0.3 is 0 Å². The number of carbonyl (C=O) groups excluding carboxylic acids is 2. The smallest absolute Gasteiger partial charge is 0.264 e. The first-order chi connectivity index (χ1) is 18.9. The minimum absolute atomic E-state index is 0.0592. The van der Waals surface area contributed by atoms with Crippen LogP contribution in [0.2, 0.25) is 0 Å². The molecule has 0 aliphatic rings. The van der Waals surface area contributed by atoms with Gasteiger partial charge in [0, 0.05) is 17.6 Å². The largest absolute Gasteiger partial charge is 0.497 e. The molecule has 3 aromatic carbocycles. The Bertz CT molecular complexity index is 1390. The summed E-state index contributed by atoms with van der Waals surface area (Å²) < 4.78 is 34.9. The first-order valence-electron chi connectivity index (χ1n) is 13.0. The van der Waals surface area contributed by atoms with Gasteiger partial charge in [0.2, 0.25) is 11.8 Å². The quantitative estimate of drug-likeness (QED) is 0.299. The van der Waals surface area contributed by atoms with Gasteiger partial charge in [-0.05, 0) is 73.9 Å². The number of ether oxygens (including phenoxy) is 1. The summed E-state index contributed by atoms with van der Waals surface area (Å²) in [5, 5.41) is 2.89. The van der Waals surface area contributed by atoms with Crippen LogP contribution in [0.25, 0.3) is 0 Å². The average Bonchev–Trinajstić information content (AvgIpc) is 2.94. The third-order valence-corrected chi connectivity index (χ3v) is 8.68. The number of halogens is 1. The zero-order valence-corrected chi connectivity index (χ0v) is 25.8. The first-order valence-corrected chi connectivity index (χ1v) is 15.2. The van der Waals surface area contributed by atoms with Crippen LogP contribution in [0.1, 0.15) is 31.9 Å². The second-order valence-corrected chi connectivity index (χ2v) is 12.8. The standard InChI is InChI=1S/C30H36BrN3O5S/c1-21(2)18-32-30(36)23(4)33(19-24-8-10-25(31)11-9-24)29(35)20-34(26-12-14-27(39-5)15-13-26)40(37,38)28-16-6-22(3)7-17-28/h6-17,21,23H,18-20H2,1-5H3,(H,32,36)/t23-/m1/s1. The van der Waals surface area contributed by atoms with Crippen LogP contribution in [0.15, 0.2) is 82.2 Å². The van der Waals surface area contributed by atoms with Crippen LogP contribution in [0.5, 0.6) is 5.75 Å². The number of anilines is 1. The lowest BCUT2D eigenvalue weighted by Crippen LogP contribution is -2.51. The van der Waals surface area contributed by atoms with Crippen molar-refractivity contribution in [3.8, 4) is 5.75 Å². The minimum atomic E-state index is -4.13. The molecule has 0 fully saturated rings. The van der Waals surface area contributed by atoms with Crippen LogP contribution in [-0.4, -0.2) is 51.4 Å². The van der Waals surface area contributed by atoms with Crippen LogP contribution in [0.3, 0.4) is 0 Å². The Morgan fingerprint density at radius 3 is 2.08 bits per heavy atom. The summed E-state index contributed by atoms with van der Waals surface area (Å²) in [6, 6.07) is 19.5. The zero-order valence-electron chi connectivity index (χ0n) is 23.4. The molecule has 0 saturated carbocycles. The lowest BCUT2D eigenvalue weighted by atomic mass is 10.1. The molecule has 3 rings (SSSR count). The molecule has 0 saturated heterocycles. The van der Waals surface area contributed by atoms with Crippen molar-refractivity contribution in [1.82, 2.24) is 10.2 Å². The van der Waals surface area contributed by atoms with E-state index < -0.39 is 28.5 Å². The molecular formula is C30H36BrN3O5S. The van der Waals surface area contributed by atoms with E-state index in [0.717, 1.165) is 19.9 Å². The van der Waals surface area contributed by atoms with Crippen molar-refractivity contribution in [3.63, 3.8) is 0 Å². The highest BCUT2D eigenvalue weighted by molar-refractivity contribution is 9.10. The molecule has 0 radical (unpaired) electrons. The highest BCUT2D eigenvalue weighted by Gasteiger charge is 2.32. The minimum Gasteiger partial charge on any atom is -0.497 e. The number of sulfonamides is 1. The van der Waals surface area contributed by atoms with Gasteiger partial charge in [0.1, 0.15) is 18.3 Å². The molecule has 214 valence electrons. The fraction of sp³-hybridized carbons (Fsp3) is 0.333. The summed E-state index contributed by atoms with van der Waals surface area (Å²) in [4.78, 5) is 28.5. The van der Waals surface area contributed by atoms with Crippen LogP contribution < -0.4 is 14.4 Å². The third-order valence-electron chi connectivity index (χ3n) is 6.37. The number of aryl methyl sites for hydroxylation is 1. The predicted molar refractivity (Wildman–Crippen MR) is 161 cm³/mol. The number of benzene rings is 3. The van der Waals surface area contributed by atoms with E-state index in [9.17, 15) is 18.0 Å². The van der Waals surface area contributed by atoms with E-state index in [-0.39, 0.29) is 23.3 Å². The number of amides is 2. The molecule has 0 aliphatic carbocycles. The summed E-state index contributed by atoms with van der Waals surface area (Å²) >= 11 is 3.42. The molecule has 0 heterocycles. The van der Waals surface area contributed by atoms with Gasteiger partial charge in [-0.1, -0.05) is 59.6 Å². The Morgan fingerprint density at radius 1 is 0.925 bits per heavy atom. The van der Waals surface area contributed by atoms with Gasteiger partial charge in [0.25, 0.3) is 10.0 Å². The Balaban J connectivity index is 2.01. The first kappa shape index (κ1) is 31.2. The third kappa shape index (κ3) is 8.08. The summed E-state index contributed by atoms with van der Waals surface area (Å²) in [5.41, 5.74) is 2.01. The number of hydrogen-bond acceptors (Lipinski definition) is 5. The van der Waals surface area contributed by atoms with Crippen molar-refractivity contribution < 1.29 is 22.7 Å². The molecule has 0 unspecified atom stereocenters. The summed E-state index contributed by atoms with van der Waals surface area (Å²) in [5.74, 6) is -0.0368. The lowest BCUT2D eigenvalue weighted by Gasteiger charge is -2.32. The Labute approximate surface area is 245 Å². The molecule has 40 heavy (non-hydrogen) atoms. The molecule has 2 amide bonds. The Hall–Kier alpha value is -3.37. The van der Waals surface area contributed by atoms with E-state index in [1.54, 1.807) is 43.3 Å². The second-order valence-electron chi connectivity index (χ2n) is 9.99. The van der Waals surface area contributed by atoms with Gasteiger partial charge in [-0.15, -0.1) is 0 Å². The topological polar surface area (TPSA) is 96.0 Å². The van der Waals surface area contributed by atoms with Crippen molar-refractivity contribution in [1.29, 1.82) is 0 Å². The molecule has 8 nitrogen and oxygen atoms in total. The normalized spacial score (nSPS) is 12.1. The van der Waals surface area contributed by atoms with Crippen LogP contribution in [0.4, 0.5) is 5.69 Å². The number of rotatable bonds is 12. The SMILES string of the molecule is COc1ccc(N(CC(=O)N(Cc2ccc(Br)cc2)[C@H](C)C(=O)NCC(C)C)S(=O)(=O)c2ccc(C)cc2)cc1. The molecule has 1 atom stereocenters. The molecule has 0 spiro atoms. The highest BCUT2D eigenvalue weighted by atomic mass is 79.9. The molecule has 0 aliphatic heterocycles. The van der Waals surface area contributed by atoms with Gasteiger partial charge in [-0.3, -0.25) is 13.9 Å². The van der Waals surface area contributed by atoms with E-state index in [4.69, 9.17) is 4.74 Å². The number of nitrogens with zero attached hydrogens (tertiary/aromatic N) is 2. The van der Waals surface area contributed by atoms with Gasteiger partial charge in [-0.2, -0.15) is 0 Å². The molecule has 0 bridgehead atoms. The predicted octanol–water partition coefficient (Wildman–Crippen LogP) is 5.15. The number of methoxy groups -OCH3 is 1. The Morgan fingerprint density at radius 2 is 1.52 bits per heavy atom. The molecular weight excluding hydrogens is 594 g/mol. The molecule has 1 N–H and O–H groups in total. The van der Waals surface area contributed by atoms with Crippen LogP contribution in [-0.2, 0) is 26.2 Å². The molecule has 0 aromatic heterocycles. The summed E-state index contributed by atoms with van der Waals surface area (Å²) in [6.07, 6.45) is 0. The van der Waals surface area contributed by atoms with Crippen molar-refractivity contribution in [2.75, 3.05) is 24.5 Å². The van der Waals surface area contributed by atoms with E-state index in [1.165, 1.54) is 24.1 Å². The second kappa shape index (κ2) is 13.8. The van der Waals surface area contributed by atoms with E-state index in [2.05, 4.69) is 21.2 Å². The monoisotopic (exact) mass is 629 g/mol. The van der Waals surface area contributed by atoms with Crippen molar-refractivity contribution in [2.45, 2.75) is 45.2 Å². The number of nitrogens with one attached hydrogen (secondary N) is 1. The highest BCUT2D eigenvalue weighted by Crippen LogP contribution is 2.27. The summed E-state index contributed by atoms with van der Waals surface area (Å²) in [6.45, 7) is 7.58. The maximum absolute atomic E-state index is 13.9. The van der Waals surface area contributed by atoms with Gasteiger partial charge in [0.15, 0.2) is 0 Å². The number of hydrogen-bond donors (Lipinski definition) is 1. The van der Waals surface area contributed by atoms with E-state index in [1.807, 2.05) is 45.0 Å². The fourth-order valence-corrected chi connectivity index (χ4v) is 5.61. The Kier molecular flexibility index (Phi) is 10.8. The summed E-state index contributed by atoms with van der Waals surface area (Å²) in [7, 11) is -2.61. The van der Waals surface area contributed by atoms with Crippen molar-refractivity contribution in [2.24, 2.45) is 5.92 Å². The van der Waals surface area contributed by atoms with Crippen molar-refractivity contribution in [3.05, 3.63) is 88.4 Å². The van der Waals surface area contributed by atoms with Crippen LogP contribution in [0, 0.1) is 12.8 Å². The zero-order chi connectivity index (χ0) is 29.4. The molecule has 3 aromatic rings. The van der Waals surface area contributed by atoms with Crippen molar-refractivity contribution >= 4 is 43.5 Å². The van der Waals surface area contributed by atoms with Gasteiger partial charge < -0.3 is 15.0 Å². The van der Waals surface area contributed by atoms with E-state index in [0.29, 0.717) is 18.0 Å². The maximum Gasteiger partial charge on any atom is 0.264 e.